The first-order valence-electron chi connectivity index (χ1n) is 6.46. The van der Waals surface area contributed by atoms with Gasteiger partial charge < -0.3 is 20.7 Å². The third-order valence-corrected chi connectivity index (χ3v) is 2.36. The number of hydrogen-bond acceptors (Lipinski definition) is 4. The Hall–Kier alpha value is -1.79. The van der Waals surface area contributed by atoms with E-state index < -0.39 is 12.0 Å². The molecule has 19 heavy (non-hydrogen) atoms. The minimum absolute atomic E-state index is 0.111. The van der Waals surface area contributed by atoms with Crippen LogP contribution in [0.4, 0.5) is 4.79 Å². The summed E-state index contributed by atoms with van der Waals surface area (Å²) in [6, 6.07) is -0.366. The summed E-state index contributed by atoms with van der Waals surface area (Å²) >= 11 is 0. The van der Waals surface area contributed by atoms with E-state index in [9.17, 15) is 14.4 Å². The normalized spacial score (nSPS) is 11.3. The van der Waals surface area contributed by atoms with Crippen LogP contribution in [0.3, 0.4) is 0 Å². The quantitative estimate of drug-likeness (QED) is 0.549. The molecule has 3 amide bonds. The molecule has 0 fully saturated rings. The fourth-order valence-electron chi connectivity index (χ4n) is 1.17. The number of hydrogen-bond donors (Lipinski definition) is 3. The summed E-state index contributed by atoms with van der Waals surface area (Å²) < 4.78 is 4.65. The van der Waals surface area contributed by atoms with Crippen molar-refractivity contribution >= 4 is 17.9 Å². The molecular weight excluding hydrogens is 250 g/mol. The molecule has 0 spiro atoms. The van der Waals surface area contributed by atoms with Crippen molar-refractivity contribution < 1.29 is 19.1 Å². The van der Waals surface area contributed by atoms with E-state index in [1.165, 1.54) is 0 Å². The molecular formula is C12H23N3O4. The average Bonchev–Trinajstić information content (AvgIpc) is 2.36. The van der Waals surface area contributed by atoms with Gasteiger partial charge in [0.15, 0.2) is 0 Å². The van der Waals surface area contributed by atoms with Crippen LogP contribution in [0.15, 0.2) is 0 Å². The third kappa shape index (κ3) is 9.87. The molecule has 7 heteroatoms. The number of esters is 1. The van der Waals surface area contributed by atoms with Gasteiger partial charge in [-0.1, -0.05) is 6.92 Å². The number of amides is 3. The van der Waals surface area contributed by atoms with E-state index in [-0.39, 0.29) is 38.1 Å². The van der Waals surface area contributed by atoms with Gasteiger partial charge in [0.05, 0.1) is 6.61 Å². The Balaban J connectivity index is 3.63. The number of carbonyl (C=O) groups is 3. The largest absolute Gasteiger partial charge is 0.465 e. The predicted molar refractivity (Wildman–Crippen MR) is 70.5 cm³/mol. The zero-order chi connectivity index (χ0) is 14.7. The van der Waals surface area contributed by atoms with Gasteiger partial charge in [-0.3, -0.25) is 9.59 Å². The van der Waals surface area contributed by atoms with E-state index in [0.29, 0.717) is 0 Å². The summed E-state index contributed by atoms with van der Waals surface area (Å²) in [5.74, 6) is -0.604. The van der Waals surface area contributed by atoms with Gasteiger partial charge in [0.25, 0.3) is 0 Å². The van der Waals surface area contributed by atoms with Crippen LogP contribution in [0.1, 0.15) is 33.6 Å². The van der Waals surface area contributed by atoms with Crippen LogP contribution in [-0.4, -0.2) is 43.6 Å². The summed E-state index contributed by atoms with van der Waals surface area (Å²) in [6.45, 7) is 5.89. The second-order valence-electron chi connectivity index (χ2n) is 4.04. The minimum atomic E-state index is -0.496. The summed E-state index contributed by atoms with van der Waals surface area (Å²) in [7, 11) is 0. The lowest BCUT2D eigenvalue weighted by atomic mass is 10.2. The molecule has 0 aliphatic heterocycles. The van der Waals surface area contributed by atoms with E-state index in [0.717, 1.165) is 6.42 Å². The lowest BCUT2D eigenvalue weighted by molar-refractivity contribution is -0.141. The second-order valence-corrected chi connectivity index (χ2v) is 4.04. The van der Waals surface area contributed by atoms with Crippen LogP contribution in [0.2, 0.25) is 0 Å². The van der Waals surface area contributed by atoms with E-state index in [1.807, 2.05) is 13.8 Å². The number of urea groups is 1. The van der Waals surface area contributed by atoms with Gasteiger partial charge in [-0.25, -0.2) is 4.79 Å². The second kappa shape index (κ2) is 10.2. The molecule has 0 rings (SSSR count). The van der Waals surface area contributed by atoms with Crippen LogP contribution in [0, 0.1) is 0 Å². The van der Waals surface area contributed by atoms with Crippen molar-refractivity contribution in [3.63, 3.8) is 0 Å². The van der Waals surface area contributed by atoms with Crippen molar-refractivity contribution in [1.82, 2.24) is 16.0 Å². The molecule has 0 heterocycles. The predicted octanol–water partition coefficient (Wildman–Crippen LogP) is 0.154. The Morgan fingerprint density at radius 1 is 1.16 bits per heavy atom. The van der Waals surface area contributed by atoms with Crippen molar-refractivity contribution in [3.05, 3.63) is 0 Å². The van der Waals surface area contributed by atoms with Crippen LogP contribution in [-0.2, 0) is 14.3 Å². The minimum Gasteiger partial charge on any atom is -0.465 e. The van der Waals surface area contributed by atoms with Crippen molar-refractivity contribution in [2.75, 3.05) is 19.7 Å². The van der Waals surface area contributed by atoms with Gasteiger partial charge >= 0.3 is 12.0 Å². The summed E-state index contributed by atoms with van der Waals surface area (Å²) in [6.07, 6.45) is 1.07. The van der Waals surface area contributed by atoms with Gasteiger partial charge in [-0.05, 0) is 20.3 Å². The van der Waals surface area contributed by atoms with E-state index in [1.54, 1.807) is 6.92 Å². The van der Waals surface area contributed by atoms with Crippen LogP contribution in [0.25, 0.3) is 0 Å². The Bertz CT molecular complexity index is 307. The highest BCUT2D eigenvalue weighted by Crippen LogP contribution is 1.89. The number of carbonyl (C=O) groups excluding carboxylic acids is 3. The lowest BCUT2D eigenvalue weighted by Gasteiger charge is -2.11. The van der Waals surface area contributed by atoms with Gasteiger partial charge in [-0.2, -0.15) is 0 Å². The fraction of sp³-hybridized carbons (Fsp3) is 0.750. The van der Waals surface area contributed by atoms with Gasteiger partial charge in [0.1, 0.15) is 6.54 Å². The molecule has 0 aromatic carbocycles. The van der Waals surface area contributed by atoms with Gasteiger partial charge in [0, 0.05) is 19.0 Å². The summed E-state index contributed by atoms with van der Waals surface area (Å²) in [4.78, 5) is 33.6. The lowest BCUT2D eigenvalue weighted by Crippen LogP contribution is -2.41. The summed E-state index contributed by atoms with van der Waals surface area (Å²) in [5, 5.41) is 7.61. The van der Waals surface area contributed by atoms with Crippen molar-refractivity contribution in [1.29, 1.82) is 0 Å². The molecule has 0 aliphatic carbocycles. The molecule has 0 saturated carbocycles. The zero-order valence-corrected chi connectivity index (χ0v) is 11.7. The Morgan fingerprint density at radius 3 is 2.42 bits per heavy atom. The monoisotopic (exact) mass is 273 g/mol. The fourth-order valence-corrected chi connectivity index (χ4v) is 1.17. The molecule has 3 N–H and O–H groups in total. The Labute approximate surface area is 113 Å². The number of ether oxygens (including phenoxy) is 1. The molecule has 1 atom stereocenters. The van der Waals surface area contributed by atoms with Crippen molar-refractivity contribution in [2.24, 2.45) is 0 Å². The number of nitrogens with one attached hydrogen (secondary N) is 3. The van der Waals surface area contributed by atoms with Crippen molar-refractivity contribution in [3.8, 4) is 0 Å². The van der Waals surface area contributed by atoms with E-state index >= 15 is 0 Å². The van der Waals surface area contributed by atoms with Crippen LogP contribution in [0.5, 0.6) is 0 Å². The van der Waals surface area contributed by atoms with Gasteiger partial charge in [-0.15, -0.1) is 0 Å². The first-order chi connectivity index (χ1) is 8.99. The molecule has 1 unspecified atom stereocenters. The third-order valence-electron chi connectivity index (χ3n) is 2.36. The first kappa shape index (κ1) is 17.2. The highest BCUT2D eigenvalue weighted by atomic mass is 16.5. The Kier molecular flexibility index (Phi) is 9.20. The van der Waals surface area contributed by atoms with Crippen LogP contribution >= 0.6 is 0 Å². The maximum absolute atomic E-state index is 11.4. The molecule has 7 nitrogen and oxygen atoms in total. The highest BCUT2D eigenvalue weighted by Gasteiger charge is 2.07. The molecule has 110 valence electrons. The topological polar surface area (TPSA) is 96.5 Å². The molecule has 0 saturated heterocycles. The van der Waals surface area contributed by atoms with Crippen molar-refractivity contribution in [2.45, 2.75) is 39.7 Å². The summed E-state index contributed by atoms with van der Waals surface area (Å²) in [5.41, 5.74) is 0. The molecule has 0 aromatic rings. The van der Waals surface area contributed by atoms with Crippen LogP contribution < -0.4 is 16.0 Å². The Morgan fingerprint density at radius 2 is 1.84 bits per heavy atom. The highest BCUT2D eigenvalue weighted by molar-refractivity contribution is 5.81. The maximum atomic E-state index is 11.4. The molecule has 0 radical (unpaired) electrons. The molecule has 0 bridgehead atoms. The smallest absolute Gasteiger partial charge is 0.325 e. The standard InChI is InChI=1S/C12H23N3O4/c1-4-9(3)15-10(16)6-7-13-12(18)14-8-11(17)19-5-2/h9H,4-8H2,1-3H3,(H,15,16)(H2,13,14,18). The van der Waals surface area contributed by atoms with Gasteiger partial charge in [0.2, 0.25) is 5.91 Å². The number of rotatable bonds is 8. The average molecular weight is 273 g/mol. The maximum Gasteiger partial charge on any atom is 0.325 e. The van der Waals surface area contributed by atoms with E-state index in [2.05, 4.69) is 20.7 Å². The SMILES string of the molecule is CCOC(=O)CNC(=O)NCCC(=O)NC(C)CC. The zero-order valence-electron chi connectivity index (χ0n) is 11.7. The first-order valence-corrected chi connectivity index (χ1v) is 6.46. The molecule has 0 aliphatic rings. The molecule has 0 aromatic heterocycles. The van der Waals surface area contributed by atoms with E-state index in [4.69, 9.17) is 0 Å².